The summed E-state index contributed by atoms with van der Waals surface area (Å²) >= 11 is 0. The zero-order valence-corrected chi connectivity index (χ0v) is 38.4. The second-order valence-electron chi connectivity index (χ2n) is 16.0. The van der Waals surface area contributed by atoms with Crippen LogP contribution in [0.25, 0.3) is 0 Å². The Kier molecular flexibility index (Phi) is 21.6. The summed E-state index contributed by atoms with van der Waals surface area (Å²) in [6.45, 7) is 7.42. The summed E-state index contributed by atoms with van der Waals surface area (Å²) in [6, 6.07) is 24.9. The number of alkyl carbamates (subject to hydrolysis) is 1. The van der Waals surface area contributed by atoms with Crippen molar-refractivity contribution in [1.29, 1.82) is 0 Å². The first-order valence-electron chi connectivity index (χ1n) is 21.1. The van der Waals surface area contributed by atoms with E-state index in [2.05, 4.69) is 37.7 Å². The molecule has 0 spiro atoms. The van der Waals surface area contributed by atoms with Gasteiger partial charge in [0.1, 0.15) is 48.4 Å². The van der Waals surface area contributed by atoms with E-state index in [4.69, 9.17) is 19.9 Å². The van der Waals surface area contributed by atoms with Crippen LogP contribution in [0.5, 0.6) is 11.5 Å². The van der Waals surface area contributed by atoms with Crippen LogP contribution in [0.15, 0.2) is 109 Å². The first kappa shape index (κ1) is 54.8. The van der Waals surface area contributed by atoms with Crippen LogP contribution in [0.2, 0.25) is 0 Å². The Bertz CT molecular complexity index is 2380. The number of hydrazine groups is 2. The van der Waals surface area contributed by atoms with Crippen LogP contribution < -0.4 is 43.4 Å². The fraction of sp³-hybridized carbons (Fsp3) is 0.298. The Labute approximate surface area is 397 Å². The molecule has 0 aromatic heterocycles. The third-order valence-electron chi connectivity index (χ3n) is 8.95. The van der Waals surface area contributed by atoms with Gasteiger partial charge in [-0.25, -0.2) is 14.4 Å². The number of nitrogens with two attached hydrogens (primary N) is 1. The summed E-state index contributed by atoms with van der Waals surface area (Å²) in [5.41, 5.74) is 15.9. The molecule has 4 rings (SSSR count). The van der Waals surface area contributed by atoms with E-state index in [1.54, 1.807) is 81.4 Å². The van der Waals surface area contributed by atoms with Gasteiger partial charge in [0.15, 0.2) is 0 Å². The standard InChI is InChI=1S/C26H32N4O8.C21H24N4O6/c1-16(27-25(36)38-26(2,3)4)21(32)29-30-22(33)20(14-17-8-6-5-7-9-17)28-23(34)24(35)37-15-18-10-12-19(31)13-11-18;1-13(22)18(27)24-25-19(28)17(11-14-5-3-2-4-6-14)23-20(29)21(30)31-12-15-7-9-16(26)10-8-15/h5-13,16,20,31H,14-15H2,1-4H3,(H,27,36)(H,28,34)(H,29,32)(H,30,33);2-10,13,17,26H,11-12,22H2,1H3,(H,23,29)(H,24,27)(H,25,28)/t16-,20-;13-,17-/m00/s1. The lowest BCUT2D eigenvalue weighted by atomic mass is 10.1. The van der Waals surface area contributed by atoms with E-state index in [1.165, 1.54) is 62.4 Å². The minimum Gasteiger partial charge on any atom is -0.508 e. The summed E-state index contributed by atoms with van der Waals surface area (Å²) < 4.78 is 15.0. The number of hydrogen-bond acceptors (Lipinski definition) is 15. The third kappa shape index (κ3) is 21.1. The van der Waals surface area contributed by atoms with Gasteiger partial charge in [0.25, 0.3) is 23.6 Å². The second-order valence-corrected chi connectivity index (χ2v) is 16.0. The minimum atomic E-state index is -1.25. The quantitative estimate of drug-likeness (QED) is 0.0342. The Balaban J connectivity index is 0.000000373. The van der Waals surface area contributed by atoms with Gasteiger partial charge < -0.3 is 46.1 Å². The summed E-state index contributed by atoms with van der Waals surface area (Å²) in [7, 11) is 0. The molecule has 0 fully saturated rings. The number of ether oxygens (including phenoxy) is 3. The van der Waals surface area contributed by atoms with Crippen molar-refractivity contribution in [3.05, 3.63) is 131 Å². The van der Waals surface area contributed by atoms with Crippen molar-refractivity contribution < 1.29 is 67.6 Å². The molecule has 7 amide bonds. The molecule has 0 bridgehead atoms. The van der Waals surface area contributed by atoms with Gasteiger partial charge in [0, 0.05) is 12.8 Å². The van der Waals surface area contributed by atoms with Gasteiger partial charge in [0.05, 0.1) is 6.04 Å². The highest BCUT2D eigenvalue weighted by Crippen LogP contribution is 2.12. The highest BCUT2D eigenvalue weighted by atomic mass is 16.6. The maximum Gasteiger partial charge on any atom is 0.408 e. The maximum atomic E-state index is 12.8. The van der Waals surface area contributed by atoms with E-state index in [1.807, 2.05) is 0 Å². The lowest BCUT2D eigenvalue weighted by Crippen LogP contribution is -2.57. The molecule has 0 saturated carbocycles. The molecular weight excluding hydrogens is 901 g/mol. The SMILES string of the molecule is C[C@H](N)C(=O)NNC(=O)[C@H](Cc1ccccc1)NC(=O)C(=O)OCc1ccc(O)cc1.C[C@H](NC(=O)OC(C)(C)C)C(=O)NNC(=O)[C@H](Cc1ccccc1)NC(=O)C(=O)OCc1ccc(O)cc1. The van der Waals surface area contributed by atoms with Gasteiger partial charge in [-0.1, -0.05) is 84.9 Å². The molecule has 0 aliphatic carbocycles. The number of carbonyl (C=O) groups is 9. The molecular formula is C47H56N8O14. The van der Waals surface area contributed by atoms with Crippen molar-refractivity contribution >= 4 is 53.5 Å². The monoisotopic (exact) mass is 956 g/mol. The van der Waals surface area contributed by atoms with E-state index >= 15 is 0 Å². The summed E-state index contributed by atoms with van der Waals surface area (Å²) in [5, 5.41) is 25.5. The highest BCUT2D eigenvalue weighted by Gasteiger charge is 2.29. The predicted molar refractivity (Wildman–Crippen MR) is 245 cm³/mol. The van der Waals surface area contributed by atoms with E-state index in [0.29, 0.717) is 16.7 Å². The number of nitrogens with one attached hydrogen (secondary N) is 7. The van der Waals surface area contributed by atoms with Gasteiger partial charge in [-0.05, 0) is 81.1 Å². The molecule has 0 aliphatic rings. The van der Waals surface area contributed by atoms with Gasteiger partial charge in [-0.15, -0.1) is 0 Å². The van der Waals surface area contributed by atoms with Crippen LogP contribution in [0, 0.1) is 0 Å². The normalized spacial score (nSPS) is 12.3. The predicted octanol–water partition coefficient (Wildman–Crippen LogP) is 0.881. The fourth-order valence-corrected chi connectivity index (χ4v) is 5.36. The van der Waals surface area contributed by atoms with Crippen molar-refractivity contribution in [2.24, 2.45) is 5.73 Å². The number of phenols is 2. The van der Waals surface area contributed by atoms with E-state index < -0.39 is 83.2 Å². The lowest BCUT2D eigenvalue weighted by molar-refractivity contribution is -0.156. The largest absolute Gasteiger partial charge is 0.508 e. The lowest BCUT2D eigenvalue weighted by Gasteiger charge is -2.22. The van der Waals surface area contributed by atoms with Crippen molar-refractivity contribution in [2.45, 2.75) is 90.4 Å². The van der Waals surface area contributed by atoms with Crippen LogP contribution in [0.4, 0.5) is 4.79 Å². The molecule has 4 aromatic rings. The van der Waals surface area contributed by atoms with Crippen molar-refractivity contribution in [3.8, 4) is 11.5 Å². The van der Waals surface area contributed by atoms with Crippen LogP contribution in [0.3, 0.4) is 0 Å². The minimum absolute atomic E-state index is 0.00520. The molecule has 0 heterocycles. The van der Waals surface area contributed by atoms with E-state index in [9.17, 15) is 53.4 Å². The van der Waals surface area contributed by atoms with Gasteiger partial charge in [-0.2, -0.15) is 0 Å². The Hall–Kier alpha value is -8.53. The number of benzene rings is 4. The van der Waals surface area contributed by atoms with Gasteiger partial charge in [0.2, 0.25) is 0 Å². The Morgan fingerprint density at radius 1 is 0.507 bits per heavy atom. The zero-order chi connectivity index (χ0) is 51.1. The van der Waals surface area contributed by atoms with Crippen molar-refractivity contribution in [3.63, 3.8) is 0 Å². The molecule has 0 aliphatic heterocycles. The molecule has 4 aromatic carbocycles. The molecule has 22 heteroatoms. The summed E-state index contributed by atoms with van der Waals surface area (Å²) in [4.78, 5) is 110. The number of carbonyl (C=O) groups excluding carboxylic acids is 9. The topological polar surface area (TPSA) is 332 Å². The number of amides is 7. The van der Waals surface area contributed by atoms with Crippen LogP contribution in [-0.2, 0) is 78.6 Å². The van der Waals surface area contributed by atoms with Crippen molar-refractivity contribution in [1.82, 2.24) is 37.7 Å². The van der Waals surface area contributed by atoms with Gasteiger partial charge in [-0.3, -0.25) is 50.5 Å². The second kappa shape index (κ2) is 27.2. The molecule has 0 radical (unpaired) electrons. The molecule has 11 N–H and O–H groups in total. The number of rotatable bonds is 15. The number of esters is 2. The van der Waals surface area contributed by atoms with Crippen LogP contribution in [0.1, 0.15) is 56.9 Å². The molecule has 368 valence electrons. The highest BCUT2D eigenvalue weighted by molar-refractivity contribution is 6.33. The van der Waals surface area contributed by atoms with Gasteiger partial charge >= 0.3 is 29.8 Å². The molecule has 22 nitrogen and oxygen atoms in total. The summed E-state index contributed by atoms with van der Waals surface area (Å²) in [5.74, 6) is -7.51. The van der Waals surface area contributed by atoms with Crippen LogP contribution >= 0.6 is 0 Å². The number of aromatic hydroxyl groups is 2. The molecule has 69 heavy (non-hydrogen) atoms. The number of hydrogen-bond donors (Lipinski definition) is 10. The van der Waals surface area contributed by atoms with E-state index in [0.717, 1.165) is 5.56 Å². The fourth-order valence-electron chi connectivity index (χ4n) is 5.36. The average Bonchev–Trinajstić information content (AvgIpc) is 3.31. The first-order valence-corrected chi connectivity index (χ1v) is 21.1. The summed E-state index contributed by atoms with van der Waals surface area (Å²) in [6.07, 6.45) is -0.741. The average molecular weight is 957 g/mol. The Morgan fingerprint density at radius 3 is 1.23 bits per heavy atom. The zero-order valence-electron chi connectivity index (χ0n) is 38.4. The number of phenolic OH excluding ortho intramolecular Hbond substituents is 2. The third-order valence-corrected chi connectivity index (χ3v) is 8.95. The van der Waals surface area contributed by atoms with Crippen LogP contribution in [-0.4, -0.2) is 93.5 Å². The Morgan fingerprint density at radius 2 is 0.870 bits per heavy atom. The van der Waals surface area contributed by atoms with Crippen molar-refractivity contribution in [2.75, 3.05) is 0 Å². The maximum absolute atomic E-state index is 12.8. The molecule has 0 saturated heterocycles. The van der Waals surface area contributed by atoms with E-state index in [-0.39, 0.29) is 37.6 Å². The first-order chi connectivity index (χ1) is 32.6. The molecule has 4 atom stereocenters. The molecule has 0 unspecified atom stereocenters. The smallest absolute Gasteiger partial charge is 0.408 e.